The van der Waals surface area contributed by atoms with E-state index in [1.165, 1.54) is 20.3 Å². The molecule has 0 aliphatic carbocycles. The molecule has 2 rings (SSSR count). The normalized spacial score (nSPS) is 17.1. The molecular weight excluding hydrogens is 271 g/mol. The summed E-state index contributed by atoms with van der Waals surface area (Å²) in [5, 5.41) is 3.20. The Morgan fingerprint density at radius 3 is 2.25 bits per heavy atom. The van der Waals surface area contributed by atoms with Gasteiger partial charge in [0.25, 0.3) is 0 Å². The molecule has 0 bridgehead atoms. The maximum atomic E-state index is 13.2. The number of alkyl halides is 3. The third kappa shape index (κ3) is 3.00. The zero-order valence-corrected chi connectivity index (χ0v) is 11.5. The quantitative estimate of drug-likeness (QED) is 0.927. The smallest absolute Gasteiger partial charge is 0.420 e. The largest absolute Gasteiger partial charge is 0.493 e. The van der Waals surface area contributed by atoms with Crippen LogP contribution in [-0.4, -0.2) is 27.3 Å². The molecule has 112 valence electrons. The zero-order valence-electron chi connectivity index (χ0n) is 11.5. The van der Waals surface area contributed by atoms with E-state index < -0.39 is 11.7 Å². The lowest BCUT2D eigenvalue weighted by atomic mass is 9.89. The van der Waals surface area contributed by atoms with E-state index in [0.717, 1.165) is 25.9 Å². The van der Waals surface area contributed by atoms with Gasteiger partial charge in [-0.15, -0.1) is 0 Å². The molecule has 3 nitrogen and oxygen atoms in total. The number of nitrogens with one attached hydrogen (secondary N) is 1. The number of piperidine rings is 1. The van der Waals surface area contributed by atoms with Crippen molar-refractivity contribution in [2.75, 3.05) is 27.3 Å². The van der Waals surface area contributed by atoms with Crippen LogP contribution in [0.4, 0.5) is 13.2 Å². The molecule has 1 heterocycles. The molecule has 6 heteroatoms. The van der Waals surface area contributed by atoms with Gasteiger partial charge in [0.2, 0.25) is 0 Å². The van der Waals surface area contributed by atoms with Crippen LogP contribution in [0.15, 0.2) is 12.1 Å². The average molecular weight is 289 g/mol. The number of halogens is 3. The predicted molar refractivity (Wildman–Crippen MR) is 69.4 cm³/mol. The third-order valence-corrected chi connectivity index (χ3v) is 3.62. The molecule has 1 N–H and O–H groups in total. The molecule has 0 unspecified atom stereocenters. The Morgan fingerprint density at radius 1 is 1.10 bits per heavy atom. The van der Waals surface area contributed by atoms with Crippen molar-refractivity contribution in [3.63, 3.8) is 0 Å². The maximum Gasteiger partial charge on any atom is 0.420 e. The highest BCUT2D eigenvalue weighted by molar-refractivity contribution is 5.51. The second kappa shape index (κ2) is 5.91. The van der Waals surface area contributed by atoms with Crippen molar-refractivity contribution in [2.24, 2.45) is 0 Å². The first kappa shape index (κ1) is 15.0. The average Bonchev–Trinajstić information content (AvgIpc) is 2.45. The van der Waals surface area contributed by atoms with Gasteiger partial charge in [-0.2, -0.15) is 13.2 Å². The molecule has 1 aromatic carbocycles. The summed E-state index contributed by atoms with van der Waals surface area (Å²) in [6, 6.07) is 2.85. The Morgan fingerprint density at radius 2 is 1.75 bits per heavy atom. The van der Waals surface area contributed by atoms with Crippen molar-refractivity contribution in [3.05, 3.63) is 23.3 Å². The van der Waals surface area contributed by atoms with Gasteiger partial charge in [0.1, 0.15) is 5.56 Å². The number of ether oxygens (including phenoxy) is 2. The summed E-state index contributed by atoms with van der Waals surface area (Å²) in [6.45, 7) is 1.64. The fraction of sp³-hybridized carbons (Fsp3) is 0.571. The van der Waals surface area contributed by atoms with Crippen LogP contribution in [0.25, 0.3) is 0 Å². The van der Waals surface area contributed by atoms with Crippen LogP contribution in [0.3, 0.4) is 0 Å². The van der Waals surface area contributed by atoms with E-state index in [4.69, 9.17) is 9.47 Å². The van der Waals surface area contributed by atoms with Gasteiger partial charge in [-0.3, -0.25) is 0 Å². The van der Waals surface area contributed by atoms with Crippen molar-refractivity contribution >= 4 is 0 Å². The topological polar surface area (TPSA) is 30.5 Å². The molecule has 1 aliphatic rings. The molecule has 20 heavy (non-hydrogen) atoms. The van der Waals surface area contributed by atoms with E-state index >= 15 is 0 Å². The number of methoxy groups -OCH3 is 2. The zero-order chi connectivity index (χ0) is 14.8. The van der Waals surface area contributed by atoms with E-state index in [-0.39, 0.29) is 17.4 Å². The number of hydrogen-bond acceptors (Lipinski definition) is 3. The van der Waals surface area contributed by atoms with Crippen molar-refractivity contribution in [1.29, 1.82) is 0 Å². The molecule has 0 spiro atoms. The standard InChI is InChI=1S/C14H18F3NO2/c1-19-12-8-10(9-3-5-18-6-4-9)7-11(13(12)20-2)14(15,16)17/h7-9,18H,3-6H2,1-2H3. The highest BCUT2D eigenvalue weighted by atomic mass is 19.4. The maximum absolute atomic E-state index is 13.2. The molecule has 0 aromatic heterocycles. The van der Waals surface area contributed by atoms with Crippen LogP contribution in [0.5, 0.6) is 11.5 Å². The summed E-state index contributed by atoms with van der Waals surface area (Å²) in [5.41, 5.74) is -0.107. The Bertz CT molecular complexity index is 468. The van der Waals surface area contributed by atoms with Gasteiger partial charge in [0, 0.05) is 0 Å². The Labute approximate surface area is 116 Å². The van der Waals surface area contributed by atoms with Crippen molar-refractivity contribution in [3.8, 4) is 11.5 Å². The van der Waals surface area contributed by atoms with Crippen LogP contribution in [-0.2, 0) is 6.18 Å². The minimum Gasteiger partial charge on any atom is -0.493 e. The summed E-state index contributed by atoms with van der Waals surface area (Å²) in [6.07, 6.45) is -2.80. The van der Waals surface area contributed by atoms with Gasteiger partial charge in [0.05, 0.1) is 14.2 Å². The molecule has 1 fully saturated rings. The summed E-state index contributed by atoms with van der Waals surface area (Å²) in [4.78, 5) is 0. The summed E-state index contributed by atoms with van der Waals surface area (Å²) < 4.78 is 49.4. The monoisotopic (exact) mass is 289 g/mol. The second-order valence-corrected chi connectivity index (χ2v) is 4.83. The molecule has 0 saturated carbocycles. The summed E-state index contributed by atoms with van der Waals surface area (Å²) in [5.74, 6) is 0.00528. The number of hydrogen-bond donors (Lipinski definition) is 1. The molecule has 0 amide bonds. The van der Waals surface area contributed by atoms with Crippen LogP contribution in [0.1, 0.15) is 29.9 Å². The Balaban J connectivity index is 2.48. The van der Waals surface area contributed by atoms with Crippen molar-refractivity contribution in [1.82, 2.24) is 5.32 Å². The lowest BCUT2D eigenvalue weighted by molar-refractivity contribution is -0.139. The van der Waals surface area contributed by atoms with E-state index in [1.54, 1.807) is 6.07 Å². The summed E-state index contributed by atoms with van der Waals surface area (Å²) in [7, 11) is 2.57. The molecule has 0 radical (unpaired) electrons. The first-order valence-electron chi connectivity index (χ1n) is 6.51. The van der Waals surface area contributed by atoms with E-state index in [9.17, 15) is 13.2 Å². The van der Waals surface area contributed by atoms with Gasteiger partial charge >= 0.3 is 6.18 Å². The van der Waals surface area contributed by atoms with Crippen molar-refractivity contribution < 1.29 is 22.6 Å². The molecule has 0 atom stereocenters. The van der Waals surface area contributed by atoms with Gasteiger partial charge in [-0.05, 0) is 49.5 Å². The van der Waals surface area contributed by atoms with Crippen LogP contribution < -0.4 is 14.8 Å². The SMILES string of the molecule is COc1cc(C2CCNCC2)cc(C(F)(F)F)c1OC. The first-order valence-corrected chi connectivity index (χ1v) is 6.51. The summed E-state index contributed by atoms with van der Waals surface area (Å²) >= 11 is 0. The van der Waals surface area contributed by atoms with Crippen molar-refractivity contribution in [2.45, 2.75) is 24.9 Å². The Kier molecular flexibility index (Phi) is 4.42. The fourth-order valence-corrected chi connectivity index (χ4v) is 2.59. The van der Waals surface area contributed by atoms with Gasteiger partial charge in [-0.25, -0.2) is 0 Å². The second-order valence-electron chi connectivity index (χ2n) is 4.83. The lowest BCUT2D eigenvalue weighted by Gasteiger charge is -2.25. The van der Waals surface area contributed by atoms with Gasteiger partial charge in [-0.1, -0.05) is 0 Å². The van der Waals surface area contributed by atoms with Crippen LogP contribution in [0, 0.1) is 0 Å². The van der Waals surface area contributed by atoms with Crippen LogP contribution in [0.2, 0.25) is 0 Å². The highest BCUT2D eigenvalue weighted by Crippen LogP contribution is 2.44. The predicted octanol–water partition coefficient (Wildman–Crippen LogP) is 3.19. The fourth-order valence-electron chi connectivity index (χ4n) is 2.59. The Hall–Kier alpha value is -1.43. The van der Waals surface area contributed by atoms with Gasteiger partial charge in [0.15, 0.2) is 11.5 Å². The highest BCUT2D eigenvalue weighted by Gasteiger charge is 2.37. The third-order valence-electron chi connectivity index (χ3n) is 3.62. The molecule has 1 saturated heterocycles. The van der Waals surface area contributed by atoms with E-state index in [2.05, 4.69) is 5.32 Å². The first-order chi connectivity index (χ1) is 9.47. The molecule has 1 aromatic rings. The number of benzene rings is 1. The van der Waals surface area contributed by atoms with E-state index in [1.807, 2.05) is 0 Å². The minimum absolute atomic E-state index is 0.122. The van der Waals surface area contributed by atoms with Crippen LogP contribution >= 0.6 is 0 Å². The lowest BCUT2D eigenvalue weighted by Crippen LogP contribution is -2.26. The van der Waals surface area contributed by atoms with Gasteiger partial charge < -0.3 is 14.8 Å². The van der Waals surface area contributed by atoms with E-state index in [0.29, 0.717) is 5.56 Å². The molecular formula is C14H18F3NO2. The molecule has 1 aliphatic heterocycles. The minimum atomic E-state index is -4.46. The number of rotatable bonds is 3.